The predicted octanol–water partition coefficient (Wildman–Crippen LogP) is 6.62. The largest absolute Gasteiger partial charge is 0.438 e. The van der Waals surface area contributed by atoms with Gasteiger partial charge in [0.05, 0.1) is 22.3 Å². The van der Waals surface area contributed by atoms with Crippen LogP contribution in [0.5, 0.6) is 0 Å². The number of hydrogen-bond donors (Lipinski definition) is 1. The van der Waals surface area contributed by atoms with Crippen molar-refractivity contribution in [3.63, 3.8) is 0 Å². The van der Waals surface area contributed by atoms with E-state index in [9.17, 15) is 0 Å². The van der Waals surface area contributed by atoms with Crippen LogP contribution in [0.2, 0.25) is 5.02 Å². The van der Waals surface area contributed by atoms with E-state index in [0.717, 1.165) is 37.7 Å². The van der Waals surface area contributed by atoms with Gasteiger partial charge in [0.1, 0.15) is 11.4 Å². The lowest BCUT2D eigenvalue weighted by Gasteiger charge is -2.04. The van der Waals surface area contributed by atoms with Crippen LogP contribution in [0.25, 0.3) is 33.4 Å². The molecule has 6 heteroatoms. The molecule has 0 spiro atoms. The van der Waals surface area contributed by atoms with Gasteiger partial charge >= 0.3 is 0 Å². The summed E-state index contributed by atoms with van der Waals surface area (Å²) >= 11 is 9.51. The molecule has 2 aromatic heterocycles. The minimum Gasteiger partial charge on any atom is -0.438 e. The van der Waals surface area contributed by atoms with Crippen molar-refractivity contribution in [2.75, 3.05) is 0 Å². The van der Waals surface area contributed by atoms with E-state index in [1.54, 1.807) is 12.1 Å². The molecule has 0 amide bonds. The molecule has 0 saturated carbocycles. The van der Waals surface area contributed by atoms with Crippen molar-refractivity contribution < 1.29 is 4.42 Å². The minimum atomic E-state index is 0.483. The number of rotatable bonds is 2. The second-order valence-corrected chi connectivity index (χ2v) is 7.69. The van der Waals surface area contributed by atoms with Crippen LogP contribution < -0.4 is 5.55 Å². The second-order valence-electron chi connectivity index (χ2n) is 6.34. The van der Waals surface area contributed by atoms with Gasteiger partial charge in [0.15, 0.2) is 0 Å². The van der Waals surface area contributed by atoms with Gasteiger partial charge in [-0.3, -0.25) is 0 Å². The molecule has 0 aliphatic heterocycles. The number of imidazole rings is 1. The van der Waals surface area contributed by atoms with Gasteiger partial charge in [-0.15, -0.1) is 0 Å². The Morgan fingerprint density at radius 2 is 1.79 bits per heavy atom. The molecule has 5 rings (SSSR count). The zero-order chi connectivity index (χ0) is 19.1. The van der Waals surface area contributed by atoms with Crippen molar-refractivity contribution in [3.05, 3.63) is 87.8 Å². The molecule has 0 fully saturated rings. The minimum absolute atomic E-state index is 0.483. The van der Waals surface area contributed by atoms with E-state index in [0.29, 0.717) is 16.4 Å². The number of para-hydroxylation sites is 2. The maximum absolute atomic E-state index is 6.15. The summed E-state index contributed by atoms with van der Waals surface area (Å²) < 4.78 is 7.13. The zero-order valence-corrected chi connectivity index (χ0v) is 16.8. The molecule has 0 atom stereocenters. The summed E-state index contributed by atoms with van der Waals surface area (Å²) in [4.78, 5) is 12.8. The molecule has 0 aliphatic carbocycles. The first kappa shape index (κ1) is 17.2. The van der Waals surface area contributed by atoms with E-state index in [2.05, 4.69) is 20.9 Å². The maximum atomic E-state index is 6.15. The van der Waals surface area contributed by atoms with Crippen LogP contribution in [-0.2, 0) is 0 Å². The van der Waals surface area contributed by atoms with Gasteiger partial charge in [-0.1, -0.05) is 39.7 Å². The number of H-pyrrole nitrogens is 1. The Morgan fingerprint density at radius 3 is 2.61 bits per heavy atom. The smallest absolute Gasteiger partial charge is 0.230 e. The molecule has 0 radical (unpaired) electrons. The number of benzene rings is 3. The van der Waals surface area contributed by atoms with Gasteiger partial charge in [-0.25, -0.2) is 9.98 Å². The predicted molar refractivity (Wildman–Crippen MR) is 116 cm³/mol. The van der Waals surface area contributed by atoms with Gasteiger partial charge in [-0.2, -0.15) is 0 Å². The second kappa shape index (κ2) is 6.93. The van der Waals surface area contributed by atoms with Crippen LogP contribution >= 0.6 is 27.5 Å². The molecule has 2 heterocycles. The van der Waals surface area contributed by atoms with Gasteiger partial charge in [0.25, 0.3) is 0 Å². The number of fused-ring (bicyclic) bond motifs is 2. The molecule has 136 valence electrons. The Hall–Kier alpha value is -2.89. The fraction of sp³-hybridized carbons (Fsp3) is 0. The Morgan fingerprint density at radius 1 is 0.964 bits per heavy atom. The van der Waals surface area contributed by atoms with Gasteiger partial charge in [0.2, 0.25) is 5.55 Å². The van der Waals surface area contributed by atoms with E-state index in [1.165, 1.54) is 0 Å². The van der Waals surface area contributed by atoms with Crippen LogP contribution in [0.15, 0.2) is 86.7 Å². The van der Waals surface area contributed by atoms with Crippen LogP contribution in [0, 0.1) is 0 Å². The molecular weight excluding hydrogens is 438 g/mol. The fourth-order valence-electron chi connectivity index (χ4n) is 3.07. The third-order valence-electron chi connectivity index (χ3n) is 4.41. The third kappa shape index (κ3) is 3.23. The van der Waals surface area contributed by atoms with Gasteiger partial charge < -0.3 is 9.40 Å². The van der Waals surface area contributed by atoms with Crippen molar-refractivity contribution >= 4 is 55.2 Å². The van der Waals surface area contributed by atoms with Crippen LogP contribution in [0.4, 0.5) is 5.69 Å². The molecule has 1 N–H and O–H groups in total. The standard InChI is InChI=1S/C22H13BrClN3O/c23-14-5-10-20-13(11-14)12-17(21-26-18-3-1-2-4-19(18)27-21)22(28-20)25-16-8-6-15(24)7-9-16/h1-12H,(H,26,27). The highest BCUT2D eigenvalue weighted by Gasteiger charge is 2.11. The van der Waals surface area contributed by atoms with E-state index in [1.807, 2.05) is 60.7 Å². The van der Waals surface area contributed by atoms with E-state index in [4.69, 9.17) is 26.0 Å². The monoisotopic (exact) mass is 449 g/mol. The number of hydrogen-bond acceptors (Lipinski definition) is 3. The van der Waals surface area contributed by atoms with Gasteiger partial charge in [-0.05, 0) is 60.7 Å². The normalized spacial score (nSPS) is 12.1. The third-order valence-corrected chi connectivity index (χ3v) is 5.16. The Labute approximate surface area is 173 Å². The maximum Gasteiger partial charge on any atom is 0.230 e. The summed E-state index contributed by atoms with van der Waals surface area (Å²) in [5.74, 6) is 0.708. The first-order valence-electron chi connectivity index (χ1n) is 8.64. The van der Waals surface area contributed by atoms with Crippen LogP contribution in [0.1, 0.15) is 0 Å². The summed E-state index contributed by atoms with van der Waals surface area (Å²) in [7, 11) is 0. The van der Waals surface area contributed by atoms with Crippen molar-refractivity contribution in [1.82, 2.24) is 9.97 Å². The molecule has 5 aromatic rings. The molecule has 0 unspecified atom stereocenters. The average Bonchev–Trinajstić information content (AvgIpc) is 3.13. The molecule has 3 aromatic carbocycles. The highest BCUT2D eigenvalue weighted by molar-refractivity contribution is 9.10. The molecular formula is C22H13BrClN3O. The summed E-state index contributed by atoms with van der Waals surface area (Å²) in [5, 5.41) is 1.62. The van der Waals surface area contributed by atoms with E-state index in [-0.39, 0.29) is 0 Å². The molecule has 0 saturated heterocycles. The van der Waals surface area contributed by atoms with E-state index < -0.39 is 0 Å². The van der Waals surface area contributed by atoms with Gasteiger partial charge in [0, 0.05) is 14.9 Å². The average molecular weight is 451 g/mol. The van der Waals surface area contributed by atoms with E-state index >= 15 is 0 Å². The first-order chi connectivity index (χ1) is 13.7. The fourth-order valence-corrected chi connectivity index (χ4v) is 3.57. The lowest BCUT2D eigenvalue weighted by Crippen LogP contribution is -2.06. The van der Waals surface area contributed by atoms with Crippen LogP contribution in [0.3, 0.4) is 0 Å². The number of nitrogens with zero attached hydrogens (tertiary/aromatic N) is 2. The van der Waals surface area contributed by atoms with Crippen molar-refractivity contribution in [2.24, 2.45) is 4.99 Å². The summed E-state index contributed by atoms with van der Waals surface area (Å²) in [6.07, 6.45) is 0. The topological polar surface area (TPSA) is 54.2 Å². The molecule has 28 heavy (non-hydrogen) atoms. The Balaban J connectivity index is 1.80. The lowest BCUT2D eigenvalue weighted by molar-refractivity contribution is 0.547. The zero-order valence-electron chi connectivity index (χ0n) is 14.5. The SMILES string of the molecule is Clc1ccc(N=c2oc3ccc(Br)cc3cc2-c2nc3ccccc3[nH]2)cc1. The number of halogens is 2. The molecule has 0 bridgehead atoms. The van der Waals surface area contributed by atoms with Crippen LogP contribution in [-0.4, -0.2) is 9.97 Å². The highest BCUT2D eigenvalue weighted by Crippen LogP contribution is 2.25. The lowest BCUT2D eigenvalue weighted by atomic mass is 10.2. The number of nitrogens with one attached hydrogen (secondary N) is 1. The summed E-state index contributed by atoms with van der Waals surface area (Å²) in [6.45, 7) is 0. The summed E-state index contributed by atoms with van der Waals surface area (Å²) in [5.41, 5.74) is 4.62. The number of aromatic nitrogens is 2. The quantitative estimate of drug-likeness (QED) is 0.328. The Kier molecular flexibility index (Phi) is 4.26. The van der Waals surface area contributed by atoms with Crippen molar-refractivity contribution in [2.45, 2.75) is 0 Å². The van der Waals surface area contributed by atoms with Crippen molar-refractivity contribution in [3.8, 4) is 11.4 Å². The molecule has 0 aliphatic rings. The van der Waals surface area contributed by atoms with Crippen molar-refractivity contribution in [1.29, 1.82) is 0 Å². The number of aromatic amines is 1. The summed E-state index contributed by atoms with van der Waals surface area (Å²) in [6, 6.07) is 23.1. The Bertz CT molecular complexity index is 1350. The molecule has 4 nitrogen and oxygen atoms in total. The first-order valence-corrected chi connectivity index (χ1v) is 9.82. The highest BCUT2D eigenvalue weighted by atomic mass is 79.9.